The first-order valence-corrected chi connectivity index (χ1v) is 10.8. The van der Waals surface area contributed by atoms with Gasteiger partial charge in [0.15, 0.2) is 0 Å². The molecule has 1 aliphatic rings. The van der Waals surface area contributed by atoms with Crippen molar-refractivity contribution >= 4 is 18.4 Å². The van der Waals surface area contributed by atoms with Gasteiger partial charge in [-0.25, -0.2) is 9.07 Å². The number of hydrogen-bond donors (Lipinski definition) is 0. The topological polar surface area (TPSA) is 41.6 Å². The van der Waals surface area contributed by atoms with Gasteiger partial charge in [0.2, 0.25) is 4.77 Å². The summed E-state index contributed by atoms with van der Waals surface area (Å²) in [4.78, 5) is 4.29. The van der Waals surface area contributed by atoms with Crippen molar-refractivity contribution in [1.82, 2.24) is 24.3 Å². The first kappa shape index (κ1) is 23.3. The Balaban J connectivity index is 1.47. The second-order valence-corrected chi connectivity index (χ2v) is 8.07. The minimum atomic E-state index is -4.76. The van der Waals surface area contributed by atoms with Crippen LogP contribution in [0.3, 0.4) is 0 Å². The van der Waals surface area contributed by atoms with Gasteiger partial charge >= 0.3 is 6.18 Å². The number of alkyl halides is 3. The molecular weight excluding hydrogens is 456 g/mol. The van der Waals surface area contributed by atoms with Gasteiger partial charge in [-0.1, -0.05) is 48.5 Å². The van der Waals surface area contributed by atoms with Crippen molar-refractivity contribution in [1.29, 1.82) is 0 Å². The largest absolute Gasteiger partial charge is 0.453 e. The van der Waals surface area contributed by atoms with Crippen LogP contribution in [0.25, 0.3) is 0 Å². The van der Waals surface area contributed by atoms with Crippen LogP contribution in [0.5, 0.6) is 0 Å². The second kappa shape index (κ2) is 9.94. The zero-order valence-electron chi connectivity index (χ0n) is 17.6. The highest BCUT2D eigenvalue weighted by Crippen LogP contribution is 2.28. The van der Waals surface area contributed by atoms with Gasteiger partial charge in [0.1, 0.15) is 5.82 Å². The Hall–Kier alpha value is -2.89. The van der Waals surface area contributed by atoms with Crippen molar-refractivity contribution in [3.8, 4) is 0 Å². The Morgan fingerprint density at radius 3 is 2.24 bits per heavy atom. The molecule has 1 fully saturated rings. The molecule has 0 amide bonds. The lowest BCUT2D eigenvalue weighted by Gasteiger charge is -2.34. The number of rotatable bonds is 6. The molecule has 1 saturated heterocycles. The molecule has 0 aliphatic carbocycles. The zero-order chi connectivity index (χ0) is 23.4. The Morgan fingerprint density at radius 1 is 0.939 bits per heavy atom. The molecule has 0 N–H and O–H groups in total. The van der Waals surface area contributed by atoms with E-state index in [0.717, 1.165) is 30.5 Å². The molecule has 174 valence electrons. The lowest BCUT2D eigenvalue weighted by atomic mass is 10.2. The van der Waals surface area contributed by atoms with E-state index < -0.39 is 17.8 Å². The molecule has 2 aromatic carbocycles. The van der Waals surface area contributed by atoms with Crippen LogP contribution in [0, 0.1) is 10.6 Å². The van der Waals surface area contributed by atoms with Gasteiger partial charge in [-0.05, 0) is 23.8 Å². The Bertz CT molecular complexity index is 1160. The van der Waals surface area contributed by atoms with Crippen LogP contribution in [-0.4, -0.2) is 56.7 Å². The summed E-state index contributed by atoms with van der Waals surface area (Å²) in [6.07, 6.45) is -3.76. The molecule has 1 aliphatic heterocycles. The number of nitrogens with zero attached hydrogens (tertiary/aromatic N) is 6. The standard InChI is InChI=1S/C22H22F4N6S/c23-19-9-5-4-8-18(19)14-27-32-20(22(24,25)26)28-31(21(32)33)16-30-12-10-29(11-13-30)15-17-6-2-1-3-7-17/h1-9,14H,10-13,15-16H2/b27-14+. The van der Waals surface area contributed by atoms with E-state index in [0.29, 0.717) is 17.8 Å². The van der Waals surface area contributed by atoms with E-state index in [1.54, 1.807) is 6.07 Å². The fraction of sp³-hybridized carbons (Fsp3) is 0.318. The predicted octanol–water partition coefficient (Wildman–Crippen LogP) is 4.23. The van der Waals surface area contributed by atoms with Crippen LogP contribution in [0.15, 0.2) is 59.7 Å². The van der Waals surface area contributed by atoms with Gasteiger partial charge in [0.25, 0.3) is 5.82 Å². The zero-order valence-corrected chi connectivity index (χ0v) is 18.4. The van der Waals surface area contributed by atoms with Crippen molar-refractivity contribution in [2.45, 2.75) is 19.4 Å². The van der Waals surface area contributed by atoms with Crippen molar-refractivity contribution in [3.05, 3.63) is 82.1 Å². The number of aromatic nitrogens is 3. The third kappa shape index (κ3) is 5.73. The number of piperazine rings is 1. The summed E-state index contributed by atoms with van der Waals surface area (Å²) < 4.78 is 56.0. The molecule has 0 spiro atoms. The van der Waals surface area contributed by atoms with E-state index in [2.05, 4.69) is 27.2 Å². The number of halogens is 4. The predicted molar refractivity (Wildman–Crippen MR) is 119 cm³/mol. The molecule has 2 heterocycles. The lowest BCUT2D eigenvalue weighted by Crippen LogP contribution is -2.46. The Morgan fingerprint density at radius 2 is 1.58 bits per heavy atom. The molecule has 0 radical (unpaired) electrons. The smallest absolute Gasteiger partial charge is 0.297 e. The third-order valence-electron chi connectivity index (χ3n) is 5.34. The molecule has 1 aromatic heterocycles. The van der Waals surface area contributed by atoms with Gasteiger partial charge in [-0.2, -0.15) is 22.9 Å². The first-order chi connectivity index (χ1) is 15.8. The highest BCUT2D eigenvalue weighted by Gasteiger charge is 2.39. The molecule has 0 bridgehead atoms. The summed E-state index contributed by atoms with van der Waals surface area (Å²) in [6.45, 7) is 3.83. The minimum absolute atomic E-state index is 0.0508. The van der Waals surface area contributed by atoms with E-state index in [-0.39, 0.29) is 17.0 Å². The average molecular weight is 479 g/mol. The van der Waals surface area contributed by atoms with Crippen LogP contribution < -0.4 is 0 Å². The number of benzene rings is 2. The third-order valence-corrected chi connectivity index (χ3v) is 5.72. The van der Waals surface area contributed by atoms with Crippen LogP contribution in [0.4, 0.5) is 17.6 Å². The molecule has 6 nitrogen and oxygen atoms in total. The van der Waals surface area contributed by atoms with Crippen LogP contribution >= 0.6 is 12.2 Å². The molecular formula is C22H22F4N6S. The van der Waals surface area contributed by atoms with E-state index >= 15 is 0 Å². The van der Waals surface area contributed by atoms with E-state index in [9.17, 15) is 17.6 Å². The maximum atomic E-state index is 13.8. The molecule has 0 saturated carbocycles. The molecule has 3 aromatic rings. The summed E-state index contributed by atoms with van der Waals surface area (Å²) in [7, 11) is 0. The van der Waals surface area contributed by atoms with Gasteiger partial charge in [-0.15, -0.1) is 5.10 Å². The van der Waals surface area contributed by atoms with Gasteiger partial charge in [0.05, 0.1) is 12.9 Å². The van der Waals surface area contributed by atoms with E-state index in [4.69, 9.17) is 12.2 Å². The summed E-state index contributed by atoms with van der Waals surface area (Å²) in [5.41, 5.74) is 1.27. The molecule has 11 heteroatoms. The van der Waals surface area contributed by atoms with Gasteiger partial charge in [0, 0.05) is 38.3 Å². The molecule has 0 atom stereocenters. The maximum absolute atomic E-state index is 13.8. The minimum Gasteiger partial charge on any atom is -0.297 e. The quantitative estimate of drug-likeness (QED) is 0.302. The second-order valence-electron chi connectivity index (χ2n) is 7.70. The first-order valence-electron chi connectivity index (χ1n) is 10.4. The van der Waals surface area contributed by atoms with Gasteiger partial charge < -0.3 is 0 Å². The lowest BCUT2D eigenvalue weighted by molar-refractivity contribution is -0.147. The summed E-state index contributed by atoms with van der Waals surface area (Å²) in [6, 6.07) is 15.8. The van der Waals surface area contributed by atoms with Crippen LogP contribution in [0.2, 0.25) is 0 Å². The molecule has 0 unspecified atom stereocenters. The summed E-state index contributed by atoms with van der Waals surface area (Å²) in [5, 5.41) is 7.48. The van der Waals surface area contributed by atoms with Crippen molar-refractivity contribution in [2.24, 2.45) is 5.10 Å². The Labute approximate surface area is 193 Å². The van der Waals surface area contributed by atoms with Crippen molar-refractivity contribution in [3.63, 3.8) is 0 Å². The van der Waals surface area contributed by atoms with Crippen molar-refractivity contribution in [2.75, 3.05) is 26.2 Å². The summed E-state index contributed by atoms with van der Waals surface area (Å²) >= 11 is 5.23. The molecule has 33 heavy (non-hydrogen) atoms. The van der Waals surface area contributed by atoms with Crippen molar-refractivity contribution < 1.29 is 17.6 Å². The highest BCUT2D eigenvalue weighted by atomic mass is 32.1. The van der Waals surface area contributed by atoms with Crippen LogP contribution in [0.1, 0.15) is 17.0 Å². The number of hydrogen-bond acceptors (Lipinski definition) is 5. The highest BCUT2D eigenvalue weighted by molar-refractivity contribution is 7.71. The van der Waals surface area contributed by atoms with E-state index in [1.165, 1.54) is 23.8 Å². The Kier molecular flexibility index (Phi) is 7.01. The fourth-order valence-corrected chi connectivity index (χ4v) is 3.82. The van der Waals surface area contributed by atoms with E-state index in [1.807, 2.05) is 23.1 Å². The summed E-state index contributed by atoms with van der Waals surface area (Å²) in [5.74, 6) is -1.84. The van der Waals surface area contributed by atoms with Gasteiger partial charge in [-0.3, -0.25) is 9.80 Å². The maximum Gasteiger partial charge on any atom is 0.453 e. The normalized spacial score (nSPS) is 16.0. The average Bonchev–Trinajstić information content (AvgIpc) is 3.11. The monoisotopic (exact) mass is 478 g/mol. The fourth-order valence-electron chi connectivity index (χ4n) is 3.59. The molecule has 4 rings (SSSR count). The van der Waals surface area contributed by atoms with Crippen LogP contribution in [-0.2, 0) is 19.4 Å². The SMILES string of the molecule is Fc1ccccc1/C=N/n1c(C(F)(F)F)nn(CN2CCN(Cc3ccccc3)CC2)c1=S.